The molecule has 0 radical (unpaired) electrons. The Bertz CT molecular complexity index is 923. The quantitative estimate of drug-likeness (QED) is 0.570. The molecule has 3 aromatic rings. The second-order valence-electron chi connectivity index (χ2n) is 6.79. The molecule has 0 saturated heterocycles. The number of benzene rings is 2. The number of amides is 1. The molecule has 0 aliphatic carbocycles. The summed E-state index contributed by atoms with van der Waals surface area (Å²) in [5.74, 6) is 1.13. The molecule has 0 fully saturated rings. The average Bonchev–Trinajstić information content (AvgIpc) is 3.07. The summed E-state index contributed by atoms with van der Waals surface area (Å²) in [5, 5.41) is 12.5. The van der Waals surface area contributed by atoms with Gasteiger partial charge < -0.3 is 9.88 Å². The summed E-state index contributed by atoms with van der Waals surface area (Å²) in [6.45, 7) is 4.19. The highest BCUT2D eigenvalue weighted by Crippen LogP contribution is 2.25. The van der Waals surface area contributed by atoms with Crippen LogP contribution in [-0.2, 0) is 11.8 Å². The maximum absolute atomic E-state index is 12.5. The Labute approximate surface area is 170 Å². The highest BCUT2D eigenvalue weighted by molar-refractivity contribution is 7.99. The number of aromatic nitrogens is 3. The van der Waals surface area contributed by atoms with Crippen LogP contribution in [0.3, 0.4) is 0 Å². The Morgan fingerprint density at radius 1 is 1.11 bits per heavy atom. The van der Waals surface area contributed by atoms with E-state index in [2.05, 4.69) is 47.6 Å². The first-order valence-corrected chi connectivity index (χ1v) is 10.5. The van der Waals surface area contributed by atoms with Gasteiger partial charge in [-0.15, -0.1) is 10.2 Å². The third-order valence-electron chi connectivity index (χ3n) is 4.67. The van der Waals surface area contributed by atoms with Crippen molar-refractivity contribution < 1.29 is 4.79 Å². The number of hydrogen-bond donors (Lipinski definition) is 1. The number of rotatable bonds is 8. The van der Waals surface area contributed by atoms with Crippen molar-refractivity contribution in [3.8, 4) is 11.4 Å². The number of hydrogen-bond acceptors (Lipinski definition) is 4. The minimum absolute atomic E-state index is 0.00717. The summed E-state index contributed by atoms with van der Waals surface area (Å²) >= 11 is 1.41. The first-order valence-electron chi connectivity index (χ1n) is 9.52. The highest BCUT2D eigenvalue weighted by Gasteiger charge is 2.17. The van der Waals surface area contributed by atoms with Gasteiger partial charge >= 0.3 is 0 Å². The van der Waals surface area contributed by atoms with Crippen molar-refractivity contribution in [3.63, 3.8) is 0 Å². The summed E-state index contributed by atoms with van der Waals surface area (Å²) in [4.78, 5) is 12.5. The van der Waals surface area contributed by atoms with E-state index < -0.39 is 0 Å². The number of carbonyl (C=O) groups is 1. The first-order chi connectivity index (χ1) is 13.6. The minimum Gasteiger partial charge on any atom is -0.349 e. The normalized spacial score (nSPS) is 12.0. The van der Waals surface area contributed by atoms with Crippen LogP contribution in [0, 0.1) is 6.92 Å². The number of carbonyl (C=O) groups excluding carboxylic acids is 1. The van der Waals surface area contributed by atoms with Crippen molar-refractivity contribution in [2.75, 3.05) is 5.75 Å². The van der Waals surface area contributed by atoms with E-state index >= 15 is 0 Å². The lowest BCUT2D eigenvalue weighted by Gasteiger charge is -2.18. The molecule has 28 heavy (non-hydrogen) atoms. The van der Waals surface area contributed by atoms with E-state index in [4.69, 9.17) is 0 Å². The Balaban J connectivity index is 1.64. The summed E-state index contributed by atoms with van der Waals surface area (Å²) in [6.07, 6.45) is 1.93. The van der Waals surface area contributed by atoms with Gasteiger partial charge in [0.1, 0.15) is 0 Å². The van der Waals surface area contributed by atoms with Gasteiger partial charge in [0.2, 0.25) is 5.91 Å². The molecule has 146 valence electrons. The predicted octanol–water partition coefficient (Wildman–Crippen LogP) is 4.54. The molecule has 0 aliphatic rings. The van der Waals surface area contributed by atoms with E-state index in [1.54, 1.807) is 0 Å². The standard InChI is InChI=1S/C22H26N4OS/c1-4-10-19(17-12-6-5-7-13-17)23-20(27)15-28-22-25-24-21(26(22)3)18-14-9-8-11-16(18)2/h5-9,11-14,19H,4,10,15H2,1-3H3,(H,23,27)/t19-/m1/s1. The van der Waals surface area contributed by atoms with Gasteiger partial charge in [-0.3, -0.25) is 4.79 Å². The molecule has 0 bridgehead atoms. The first kappa shape index (κ1) is 20.1. The average molecular weight is 395 g/mol. The molecule has 1 atom stereocenters. The fourth-order valence-corrected chi connectivity index (χ4v) is 3.88. The maximum Gasteiger partial charge on any atom is 0.230 e. The Morgan fingerprint density at radius 3 is 2.54 bits per heavy atom. The molecule has 1 aromatic heterocycles. The van der Waals surface area contributed by atoms with E-state index in [0.29, 0.717) is 5.75 Å². The number of nitrogens with one attached hydrogen (secondary N) is 1. The number of thioether (sulfide) groups is 1. The van der Waals surface area contributed by atoms with Crippen molar-refractivity contribution in [1.82, 2.24) is 20.1 Å². The molecule has 0 saturated carbocycles. The van der Waals surface area contributed by atoms with Crippen LogP contribution in [0.4, 0.5) is 0 Å². The molecule has 3 rings (SSSR count). The third-order valence-corrected chi connectivity index (χ3v) is 5.69. The zero-order valence-corrected chi connectivity index (χ0v) is 17.4. The highest BCUT2D eigenvalue weighted by atomic mass is 32.2. The Morgan fingerprint density at radius 2 is 1.82 bits per heavy atom. The van der Waals surface area contributed by atoms with Gasteiger partial charge in [-0.2, -0.15) is 0 Å². The second-order valence-corrected chi connectivity index (χ2v) is 7.73. The van der Waals surface area contributed by atoms with Crippen molar-refractivity contribution in [3.05, 3.63) is 65.7 Å². The van der Waals surface area contributed by atoms with E-state index in [-0.39, 0.29) is 11.9 Å². The summed E-state index contributed by atoms with van der Waals surface area (Å²) in [5.41, 5.74) is 3.35. The predicted molar refractivity (Wildman–Crippen MR) is 114 cm³/mol. The molecule has 1 N–H and O–H groups in total. The lowest BCUT2D eigenvalue weighted by atomic mass is 10.0. The molecule has 6 heteroatoms. The van der Waals surface area contributed by atoms with E-state index in [9.17, 15) is 4.79 Å². The largest absolute Gasteiger partial charge is 0.349 e. The van der Waals surface area contributed by atoms with Crippen molar-refractivity contribution in [2.45, 2.75) is 37.9 Å². The molecular formula is C22H26N4OS. The molecule has 1 heterocycles. The van der Waals surface area contributed by atoms with Crippen LogP contribution in [0.5, 0.6) is 0 Å². The summed E-state index contributed by atoms with van der Waals surface area (Å²) < 4.78 is 1.95. The van der Waals surface area contributed by atoms with Gasteiger partial charge in [0.25, 0.3) is 0 Å². The van der Waals surface area contributed by atoms with Gasteiger partial charge in [0, 0.05) is 12.6 Å². The van der Waals surface area contributed by atoms with Crippen molar-refractivity contribution in [2.24, 2.45) is 7.05 Å². The fourth-order valence-electron chi connectivity index (χ4n) is 3.16. The van der Waals surface area contributed by atoms with Crippen LogP contribution in [0.15, 0.2) is 59.8 Å². The van der Waals surface area contributed by atoms with Gasteiger partial charge in [-0.05, 0) is 24.5 Å². The second kappa shape index (κ2) is 9.55. The molecule has 1 amide bonds. The number of aryl methyl sites for hydroxylation is 1. The van der Waals surface area contributed by atoms with Crippen LogP contribution in [0.2, 0.25) is 0 Å². The molecular weight excluding hydrogens is 368 g/mol. The summed E-state index contributed by atoms with van der Waals surface area (Å²) in [7, 11) is 1.94. The zero-order chi connectivity index (χ0) is 19.9. The minimum atomic E-state index is 0.00717. The van der Waals surface area contributed by atoms with Gasteiger partial charge in [-0.25, -0.2) is 0 Å². The fraction of sp³-hybridized carbons (Fsp3) is 0.318. The van der Waals surface area contributed by atoms with Crippen LogP contribution in [-0.4, -0.2) is 26.4 Å². The van der Waals surface area contributed by atoms with Gasteiger partial charge in [0.05, 0.1) is 11.8 Å². The molecule has 0 unspecified atom stereocenters. The van der Waals surface area contributed by atoms with Crippen LogP contribution in [0.1, 0.15) is 36.9 Å². The lowest BCUT2D eigenvalue weighted by Crippen LogP contribution is -2.30. The van der Waals surface area contributed by atoms with Crippen LogP contribution < -0.4 is 5.32 Å². The Hall–Kier alpha value is -2.60. The van der Waals surface area contributed by atoms with Crippen LogP contribution in [0.25, 0.3) is 11.4 Å². The van der Waals surface area contributed by atoms with Gasteiger partial charge in [-0.1, -0.05) is 79.7 Å². The zero-order valence-electron chi connectivity index (χ0n) is 16.6. The Kier molecular flexibility index (Phi) is 6.87. The lowest BCUT2D eigenvalue weighted by molar-refractivity contribution is -0.119. The molecule has 2 aromatic carbocycles. The molecule has 0 aliphatic heterocycles. The van der Waals surface area contributed by atoms with Crippen molar-refractivity contribution >= 4 is 17.7 Å². The smallest absolute Gasteiger partial charge is 0.230 e. The summed E-state index contributed by atoms with van der Waals surface area (Å²) in [6, 6.07) is 18.3. The third kappa shape index (κ3) is 4.81. The SMILES string of the molecule is CCC[C@@H](NC(=O)CSc1nnc(-c2ccccc2C)n1C)c1ccccc1. The van der Waals surface area contributed by atoms with E-state index in [0.717, 1.165) is 40.5 Å². The number of nitrogens with zero attached hydrogens (tertiary/aromatic N) is 3. The van der Waals surface area contributed by atoms with Crippen LogP contribution >= 0.6 is 11.8 Å². The maximum atomic E-state index is 12.5. The molecule has 0 spiro atoms. The van der Waals surface area contributed by atoms with Gasteiger partial charge in [0.15, 0.2) is 11.0 Å². The monoisotopic (exact) mass is 394 g/mol. The van der Waals surface area contributed by atoms with E-state index in [1.807, 2.05) is 48.0 Å². The molecule has 5 nitrogen and oxygen atoms in total. The van der Waals surface area contributed by atoms with E-state index in [1.165, 1.54) is 11.8 Å². The topological polar surface area (TPSA) is 59.8 Å². The van der Waals surface area contributed by atoms with Crippen molar-refractivity contribution in [1.29, 1.82) is 0 Å².